The lowest BCUT2D eigenvalue weighted by Gasteiger charge is -2.36. The number of carbonyl (C=O) groups is 1. The van der Waals surface area contributed by atoms with Gasteiger partial charge in [-0.05, 0) is 61.0 Å². The maximum Gasteiger partial charge on any atom is 0.255 e. The van der Waals surface area contributed by atoms with E-state index in [9.17, 15) is 9.90 Å². The molecule has 1 aliphatic heterocycles. The molecule has 154 valence electrons. The number of anilines is 2. The molecule has 1 saturated heterocycles. The minimum Gasteiger partial charge on any atom is -0.508 e. The molecule has 1 aliphatic rings. The summed E-state index contributed by atoms with van der Waals surface area (Å²) in [5.74, 6) is 0.0199. The van der Waals surface area contributed by atoms with Crippen LogP contribution in [0.4, 0.5) is 11.4 Å². The number of benzene rings is 3. The molecule has 0 saturated carbocycles. The van der Waals surface area contributed by atoms with Crippen LogP contribution in [0.25, 0.3) is 0 Å². The summed E-state index contributed by atoms with van der Waals surface area (Å²) >= 11 is 0. The molecule has 0 spiro atoms. The van der Waals surface area contributed by atoms with Gasteiger partial charge in [-0.3, -0.25) is 9.69 Å². The molecule has 0 atom stereocenters. The van der Waals surface area contributed by atoms with Gasteiger partial charge in [0.2, 0.25) is 0 Å². The lowest BCUT2D eigenvalue weighted by Crippen LogP contribution is -2.45. The molecule has 5 heteroatoms. The number of carbonyl (C=O) groups excluding carboxylic acids is 1. The van der Waals surface area contributed by atoms with Crippen LogP contribution in [-0.2, 0) is 6.54 Å². The van der Waals surface area contributed by atoms with Crippen molar-refractivity contribution in [1.29, 1.82) is 0 Å². The van der Waals surface area contributed by atoms with E-state index in [0.717, 1.165) is 38.4 Å². The molecule has 2 N–H and O–H groups in total. The van der Waals surface area contributed by atoms with Crippen molar-refractivity contribution in [3.8, 4) is 5.75 Å². The van der Waals surface area contributed by atoms with Crippen LogP contribution in [0.2, 0.25) is 0 Å². The van der Waals surface area contributed by atoms with E-state index in [0.29, 0.717) is 11.3 Å². The fourth-order valence-electron chi connectivity index (χ4n) is 3.69. The van der Waals surface area contributed by atoms with Crippen molar-refractivity contribution in [2.24, 2.45) is 0 Å². The number of rotatable bonds is 5. The van der Waals surface area contributed by atoms with Crippen LogP contribution >= 0.6 is 0 Å². The van der Waals surface area contributed by atoms with Crippen LogP contribution in [0.3, 0.4) is 0 Å². The molecule has 3 aromatic rings. The summed E-state index contributed by atoms with van der Waals surface area (Å²) in [6, 6.07) is 23.0. The number of hydrogen-bond acceptors (Lipinski definition) is 4. The first-order chi connectivity index (χ1) is 14.6. The van der Waals surface area contributed by atoms with Gasteiger partial charge in [0.15, 0.2) is 0 Å². The average Bonchev–Trinajstić information content (AvgIpc) is 2.77. The van der Waals surface area contributed by atoms with E-state index in [1.165, 1.54) is 11.1 Å². The van der Waals surface area contributed by atoms with Crippen molar-refractivity contribution in [2.45, 2.75) is 13.5 Å². The number of phenolic OH excluding ortho intramolecular Hbond substituents is 1. The van der Waals surface area contributed by atoms with E-state index in [1.807, 2.05) is 24.3 Å². The molecular formula is C25H27N3O2. The molecule has 0 aromatic heterocycles. The third-order valence-electron chi connectivity index (χ3n) is 5.52. The number of phenols is 1. The Hall–Kier alpha value is -3.31. The summed E-state index contributed by atoms with van der Waals surface area (Å²) in [6.45, 7) is 7.11. The number of aromatic hydroxyl groups is 1. The number of aryl methyl sites for hydroxylation is 1. The largest absolute Gasteiger partial charge is 0.508 e. The molecule has 3 aromatic carbocycles. The third kappa shape index (κ3) is 4.99. The van der Waals surface area contributed by atoms with Gasteiger partial charge in [0.05, 0.1) is 0 Å². The van der Waals surface area contributed by atoms with Gasteiger partial charge in [0.1, 0.15) is 5.75 Å². The second-order valence-electron chi connectivity index (χ2n) is 7.80. The van der Waals surface area contributed by atoms with Crippen LogP contribution < -0.4 is 10.2 Å². The van der Waals surface area contributed by atoms with E-state index in [-0.39, 0.29) is 11.7 Å². The molecule has 0 radical (unpaired) electrons. The molecule has 0 aliphatic carbocycles. The lowest BCUT2D eigenvalue weighted by molar-refractivity contribution is 0.102. The van der Waals surface area contributed by atoms with E-state index in [2.05, 4.69) is 46.3 Å². The van der Waals surface area contributed by atoms with Crippen molar-refractivity contribution in [2.75, 3.05) is 36.4 Å². The molecule has 5 nitrogen and oxygen atoms in total. The number of piperazine rings is 1. The minimum absolute atomic E-state index is 0.157. The van der Waals surface area contributed by atoms with Crippen LogP contribution in [0.5, 0.6) is 5.75 Å². The zero-order valence-electron chi connectivity index (χ0n) is 17.2. The van der Waals surface area contributed by atoms with Crippen LogP contribution in [0.15, 0.2) is 72.8 Å². The molecular weight excluding hydrogens is 374 g/mol. The molecule has 4 rings (SSSR count). The Bertz CT molecular complexity index is 974. The fraction of sp³-hybridized carbons (Fsp3) is 0.240. The summed E-state index contributed by atoms with van der Waals surface area (Å²) in [7, 11) is 0. The Kier molecular flexibility index (Phi) is 6.00. The van der Waals surface area contributed by atoms with Gasteiger partial charge in [-0.25, -0.2) is 0 Å². The molecule has 30 heavy (non-hydrogen) atoms. The predicted molar refractivity (Wildman–Crippen MR) is 121 cm³/mol. The Labute approximate surface area is 177 Å². The number of hydrogen-bond donors (Lipinski definition) is 2. The number of amides is 1. The Balaban J connectivity index is 1.30. The summed E-state index contributed by atoms with van der Waals surface area (Å²) in [4.78, 5) is 17.3. The highest BCUT2D eigenvalue weighted by molar-refractivity contribution is 6.04. The highest BCUT2D eigenvalue weighted by atomic mass is 16.3. The van der Waals surface area contributed by atoms with E-state index in [1.54, 1.807) is 24.3 Å². The number of nitrogens with zero attached hydrogens (tertiary/aromatic N) is 2. The maximum atomic E-state index is 12.4. The van der Waals surface area contributed by atoms with Crippen molar-refractivity contribution in [3.05, 3.63) is 89.5 Å². The molecule has 1 fully saturated rings. The van der Waals surface area contributed by atoms with Gasteiger partial charge in [0.25, 0.3) is 5.91 Å². The molecule has 0 bridgehead atoms. The normalized spacial score (nSPS) is 14.5. The maximum absolute atomic E-state index is 12.4. The van der Waals surface area contributed by atoms with Gasteiger partial charge in [0, 0.05) is 49.7 Å². The fourth-order valence-corrected chi connectivity index (χ4v) is 3.69. The van der Waals surface area contributed by atoms with E-state index in [4.69, 9.17) is 0 Å². The standard InChI is InChI=1S/C25H27N3O2/c1-19-2-4-20(5-3-19)18-27-14-16-28(17-15-27)23-10-6-21(7-11-23)25(30)26-22-8-12-24(29)13-9-22/h2-13,29H,14-18H2,1H3,(H,26,30). The van der Waals surface area contributed by atoms with Gasteiger partial charge < -0.3 is 15.3 Å². The van der Waals surface area contributed by atoms with Gasteiger partial charge in [-0.15, -0.1) is 0 Å². The minimum atomic E-state index is -0.157. The molecule has 1 amide bonds. The first kappa shape index (κ1) is 20.0. The monoisotopic (exact) mass is 401 g/mol. The highest BCUT2D eigenvalue weighted by Crippen LogP contribution is 2.20. The van der Waals surface area contributed by atoms with Gasteiger partial charge in [-0.2, -0.15) is 0 Å². The first-order valence-corrected chi connectivity index (χ1v) is 10.3. The van der Waals surface area contributed by atoms with Crippen LogP contribution in [-0.4, -0.2) is 42.1 Å². The van der Waals surface area contributed by atoms with Crippen molar-refractivity contribution in [3.63, 3.8) is 0 Å². The second-order valence-corrected chi connectivity index (χ2v) is 7.80. The zero-order valence-corrected chi connectivity index (χ0v) is 17.2. The Morgan fingerprint density at radius 2 is 1.50 bits per heavy atom. The Morgan fingerprint density at radius 3 is 2.13 bits per heavy atom. The summed E-state index contributed by atoms with van der Waals surface area (Å²) in [6.07, 6.45) is 0. The quantitative estimate of drug-likeness (QED) is 0.627. The summed E-state index contributed by atoms with van der Waals surface area (Å²) < 4.78 is 0. The highest BCUT2D eigenvalue weighted by Gasteiger charge is 2.17. The van der Waals surface area contributed by atoms with Crippen LogP contribution in [0, 0.1) is 6.92 Å². The Morgan fingerprint density at radius 1 is 0.867 bits per heavy atom. The smallest absolute Gasteiger partial charge is 0.255 e. The van der Waals surface area contributed by atoms with Crippen molar-refractivity contribution in [1.82, 2.24) is 4.90 Å². The SMILES string of the molecule is Cc1ccc(CN2CCN(c3ccc(C(=O)Nc4ccc(O)cc4)cc3)CC2)cc1. The average molecular weight is 402 g/mol. The van der Waals surface area contributed by atoms with E-state index >= 15 is 0 Å². The lowest BCUT2D eigenvalue weighted by atomic mass is 10.1. The predicted octanol–water partition coefficient (Wildman–Crippen LogP) is 4.28. The van der Waals surface area contributed by atoms with Gasteiger partial charge >= 0.3 is 0 Å². The topological polar surface area (TPSA) is 55.8 Å². The van der Waals surface area contributed by atoms with E-state index < -0.39 is 0 Å². The summed E-state index contributed by atoms with van der Waals surface area (Å²) in [5.41, 5.74) is 5.07. The summed E-state index contributed by atoms with van der Waals surface area (Å²) in [5, 5.41) is 12.2. The van der Waals surface area contributed by atoms with Crippen molar-refractivity contribution >= 4 is 17.3 Å². The van der Waals surface area contributed by atoms with Crippen LogP contribution in [0.1, 0.15) is 21.5 Å². The van der Waals surface area contributed by atoms with Crippen molar-refractivity contribution < 1.29 is 9.90 Å². The number of nitrogens with one attached hydrogen (secondary N) is 1. The van der Waals surface area contributed by atoms with Gasteiger partial charge in [-0.1, -0.05) is 29.8 Å². The molecule has 0 unspecified atom stereocenters. The molecule has 1 heterocycles. The third-order valence-corrected chi connectivity index (χ3v) is 5.52. The first-order valence-electron chi connectivity index (χ1n) is 10.3. The zero-order chi connectivity index (χ0) is 20.9. The second kappa shape index (κ2) is 9.01.